The maximum Gasteiger partial charge on any atom is 0.314 e. The van der Waals surface area contributed by atoms with Gasteiger partial charge in [0.2, 0.25) is 5.91 Å². The highest BCUT2D eigenvalue weighted by Gasteiger charge is 2.27. The van der Waals surface area contributed by atoms with E-state index >= 15 is 0 Å². The molecule has 0 bridgehead atoms. The predicted octanol–water partition coefficient (Wildman–Crippen LogP) is 0.811. The fraction of sp³-hybridized carbons (Fsp3) is 0.417. The summed E-state index contributed by atoms with van der Waals surface area (Å²) in [5.74, 6) is 0.201. The molecule has 0 unspecified atom stereocenters. The molecule has 1 atom stereocenters. The first-order valence-corrected chi connectivity index (χ1v) is 5.93. The van der Waals surface area contributed by atoms with Crippen LogP contribution in [0, 0.1) is 5.92 Å². The molecule has 2 rings (SSSR count). The average molecular weight is 248 g/mol. The van der Waals surface area contributed by atoms with Crippen LogP contribution < -0.4 is 11.1 Å². The lowest BCUT2D eigenvalue weighted by Crippen LogP contribution is -2.46. The SMILES string of the molecule is NC(=O)N1CCC[C@@H](C(=O)Nc2ccccn2)C1. The number of piperidine rings is 1. The Bertz CT molecular complexity index is 435. The molecule has 3 amide bonds. The standard InChI is InChI=1S/C12H16N4O2/c13-12(18)16-7-3-4-9(8-16)11(17)15-10-5-1-2-6-14-10/h1-2,5-6,9H,3-4,7-8H2,(H2,13,18)(H,14,15,17)/t9-/m1/s1. The van der Waals surface area contributed by atoms with Crippen molar-refractivity contribution in [1.29, 1.82) is 0 Å². The topological polar surface area (TPSA) is 88.3 Å². The summed E-state index contributed by atoms with van der Waals surface area (Å²) in [4.78, 5) is 28.6. The Kier molecular flexibility index (Phi) is 3.76. The number of nitrogens with zero attached hydrogens (tertiary/aromatic N) is 2. The third kappa shape index (κ3) is 2.97. The average Bonchev–Trinajstić information content (AvgIpc) is 2.40. The van der Waals surface area contributed by atoms with Crippen LogP contribution in [0.15, 0.2) is 24.4 Å². The van der Waals surface area contributed by atoms with Gasteiger partial charge in [0.1, 0.15) is 5.82 Å². The second-order valence-electron chi connectivity index (χ2n) is 4.33. The molecule has 3 N–H and O–H groups in total. The molecular weight excluding hydrogens is 232 g/mol. The fourth-order valence-electron chi connectivity index (χ4n) is 2.06. The minimum Gasteiger partial charge on any atom is -0.351 e. The minimum atomic E-state index is -0.467. The number of hydrogen-bond acceptors (Lipinski definition) is 3. The fourth-order valence-corrected chi connectivity index (χ4v) is 2.06. The number of primary amides is 1. The summed E-state index contributed by atoms with van der Waals surface area (Å²) < 4.78 is 0. The van der Waals surface area contributed by atoms with Crippen molar-refractivity contribution in [1.82, 2.24) is 9.88 Å². The largest absolute Gasteiger partial charge is 0.351 e. The van der Waals surface area contributed by atoms with Crippen molar-refractivity contribution in [2.45, 2.75) is 12.8 Å². The van der Waals surface area contributed by atoms with Crippen molar-refractivity contribution in [3.8, 4) is 0 Å². The normalized spacial score (nSPS) is 19.3. The molecule has 6 heteroatoms. The molecule has 18 heavy (non-hydrogen) atoms. The van der Waals surface area contributed by atoms with E-state index in [0.29, 0.717) is 18.9 Å². The first-order chi connectivity index (χ1) is 8.66. The van der Waals surface area contributed by atoms with E-state index in [2.05, 4.69) is 10.3 Å². The number of likely N-dealkylation sites (tertiary alicyclic amines) is 1. The van der Waals surface area contributed by atoms with Gasteiger partial charge in [-0.1, -0.05) is 6.07 Å². The van der Waals surface area contributed by atoms with Gasteiger partial charge in [-0.05, 0) is 25.0 Å². The van der Waals surface area contributed by atoms with Crippen molar-refractivity contribution in [2.24, 2.45) is 11.7 Å². The van der Waals surface area contributed by atoms with Crippen LogP contribution >= 0.6 is 0 Å². The van der Waals surface area contributed by atoms with E-state index in [1.54, 1.807) is 24.4 Å². The summed E-state index contributed by atoms with van der Waals surface area (Å²) in [6.07, 6.45) is 3.18. The summed E-state index contributed by atoms with van der Waals surface area (Å²) in [5.41, 5.74) is 5.23. The number of hydrogen-bond donors (Lipinski definition) is 2. The Balaban J connectivity index is 1.95. The van der Waals surface area contributed by atoms with Gasteiger partial charge in [-0.2, -0.15) is 0 Å². The Labute approximate surface area is 105 Å². The quantitative estimate of drug-likeness (QED) is 0.811. The first kappa shape index (κ1) is 12.3. The third-order valence-electron chi connectivity index (χ3n) is 3.02. The summed E-state index contributed by atoms with van der Waals surface area (Å²) in [7, 11) is 0. The van der Waals surface area contributed by atoms with Gasteiger partial charge >= 0.3 is 6.03 Å². The lowest BCUT2D eigenvalue weighted by atomic mass is 9.97. The van der Waals surface area contributed by atoms with E-state index < -0.39 is 6.03 Å². The van der Waals surface area contributed by atoms with Gasteiger partial charge in [0.15, 0.2) is 0 Å². The Morgan fingerprint density at radius 1 is 1.44 bits per heavy atom. The van der Waals surface area contributed by atoms with Crippen LogP contribution in [0.5, 0.6) is 0 Å². The van der Waals surface area contributed by atoms with Crippen molar-refractivity contribution >= 4 is 17.8 Å². The molecule has 1 fully saturated rings. The van der Waals surface area contributed by atoms with Gasteiger partial charge in [-0.15, -0.1) is 0 Å². The second-order valence-corrected chi connectivity index (χ2v) is 4.33. The van der Waals surface area contributed by atoms with E-state index in [1.165, 1.54) is 4.90 Å². The number of rotatable bonds is 2. The van der Waals surface area contributed by atoms with Crippen molar-refractivity contribution in [3.05, 3.63) is 24.4 Å². The first-order valence-electron chi connectivity index (χ1n) is 5.93. The maximum atomic E-state index is 12.0. The van der Waals surface area contributed by atoms with Crippen LogP contribution in [0.3, 0.4) is 0 Å². The van der Waals surface area contributed by atoms with Crippen LogP contribution in [0.2, 0.25) is 0 Å². The van der Waals surface area contributed by atoms with E-state index in [4.69, 9.17) is 5.73 Å². The van der Waals surface area contributed by atoms with Crippen LogP contribution in [0.4, 0.5) is 10.6 Å². The molecule has 6 nitrogen and oxygen atoms in total. The van der Waals surface area contributed by atoms with Crippen LogP contribution in [-0.2, 0) is 4.79 Å². The molecule has 1 aromatic heterocycles. The molecule has 1 aliphatic rings. The molecule has 2 heterocycles. The van der Waals surface area contributed by atoms with E-state index in [-0.39, 0.29) is 11.8 Å². The van der Waals surface area contributed by atoms with E-state index in [9.17, 15) is 9.59 Å². The number of nitrogens with two attached hydrogens (primary N) is 1. The number of carbonyl (C=O) groups excluding carboxylic acids is 2. The van der Waals surface area contributed by atoms with E-state index in [0.717, 1.165) is 12.8 Å². The predicted molar refractivity (Wildman–Crippen MR) is 66.7 cm³/mol. The van der Waals surface area contributed by atoms with Gasteiger partial charge in [0.25, 0.3) is 0 Å². The number of amides is 3. The molecule has 0 saturated carbocycles. The van der Waals surface area contributed by atoms with Crippen LogP contribution in [-0.4, -0.2) is 34.9 Å². The smallest absolute Gasteiger partial charge is 0.314 e. The molecule has 1 saturated heterocycles. The van der Waals surface area contributed by atoms with Gasteiger partial charge < -0.3 is 16.0 Å². The second kappa shape index (κ2) is 5.48. The zero-order chi connectivity index (χ0) is 13.0. The van der Waals surface area contributed by atoms with Gasteiger partial charge in [0.05, 0.1) is 5.92 Å². The third-order valence-corrected chi connectivity index (χ3v) is 3.02. The molecule has 1 aliphatic heterocycles. The summed E-state index contributed by atoms with van der Waals surface area (Å²) >= 11 is 0. The summed E-state index contributed by atoms with van der Waals surface area (Å²) in [5, 5.41) is 2.74. The lowest BCUT2D eigenvalue weighted by molar-refractivity contribution is -0.121. The van der Waals surface area contributed by atoms with Crippen molar-refractivity contribution in [3.63, 3.8) is 0 Å². The van der Waals surface area contributed by atoms with Gasteiger partial charge in [-0.3, -0.25) is 4.79 Å². The summed E-state index contributed by atoms with van der Waals surface area (Å²) in [6, 6.07) is 4.85. The van der Waals surface area contributed by atoms with Crippen LogP contribution in [0.1, 0.15) is 12.8 Å². The minimum absolute atomic E-state index is 0.111. The van der Waals surface area contributed by atoms with Gasteiger partial charge in [0, 0.05) is 19.3 Å². The zero-order valence-corrected chi connectivity index (χ0v) is 10.0. The number of carbonyl (C=O) groups is 2. The Hall–Kier alpha value is -2.11. The Morgan fingerprint density at radius 2 is 2.28 bits per heavy atom. The lowest BCUT2D eigenvalue weighted by Gasteiger charge is -2.30. The summed E-state index contributed by atoms with van der Waals surface area (Å²) in [6.45, 7) is 1.01. The molecule has 0 spiro atoms. The highest BCUT2D eigenvalue weighted by molar-refractivity contribution is 5.92. The van der Waals surface area contributed by atoms with Crippen LogP contribution in [0.25, 0.3) is 0 Å². The van der Waals surface area contributed by atoms with Gasteiger partial charge in [-0.25, -0.2) is 9.78 Å². The highest BCUT2D eigenvalue weighted by atomic mass is 16.2. The van der Waals surface area contributed by atoms with Crippen molar-refractivity contribution < 1.29 is 9.59 Å². The molecule has 0 aromatic carbocycles. The molecule has 1 aromatic rings. The zero-order valence-electron chi connectivity index (χ0n) is 10.0. The molecule has 0 radical (unpaired) electrons. The molecule has 0 aliphatic carbocycles. The number of nitrogens with one attached hydrogen (secondary N) is 1. The highest BCUT2D eigenvalue weighted by Crippen LogP contribution is 2.17. The molecular formula is C12H16N4O2. The molecule has 96 valence electrons. The number of urea groups is 1. The number of aromatic nitrogens is 1. The maximum absolute atomic E-state index is 12.0. The van der Waals surface area contributed by atoms with E-state index in [1.807, 2.05) is 0 Å². The number of anilines is 1. The number of pyridine rings is 1. The van der Waals surface area contributed by atoms with Crippen molar-refractivity contribution in [2.75, 3.05) is 18.4 Å². The monoisotopic (exact) mass is 248 g/mol. The Morgan fingerprint density at radius 3 is 2.94 bits per heavy atom.